The Balaban J connectivity index is 2.24. The maximum Gasteiger partial charge on any atom is 0.265 e. The van der Waals surface area contributed by atoms with Crippen LogP contribution in [0.5, 0.6) is 0 Å². The normalized spacial score (nSPS) is 17.9. The zero-order valence-corrected chi connectivity index (χ0v) is 11.4. The monoisotopic (exact) mass is 277 g/mol. The lowest BCUT2D eigenvalue weighted by atomic mass is 10.1. The first-order chi connectivity index (χ1) is 9.05. The quantitative estimate of drug-likeness (QED) is 0.935. The number of β-amino-alcohol motifs (C(OH)–C–C–N with tert-alkyl or cyclic N) is 1. The minimum Gasteiger partial charge on any atom is -0.391 e. The van der Waals surface area contributed by atoms with E-state index < -0.39 is 16.1 Å². The van der Waals surface area contributed by atoms with E-state index in [1.165, 1.54) is 4.31 Å². The van der Waals surface area contributed by atoms with Crippen molar-refractivity contribution in [3.05, 3.63) is 36.4 Å². The fourth-order valence-corrected chi connectivity index (χ4v) is 4.22. The van der Waals surface area contributed by atoms with Crippen LogP contribution in [0.1, 0.15) is 13.3 Å². The van der Waals surface area contributed by atoms with Gasteiger partial charge in [0, 0.05) is 5.39 Å². The fourth-order valence-electron chi connectivity index (χ4n) is 2.48. The van der Waals surface area contributed by atoms with Crippen molar-refractivity contribution in [3.8, 4) is 0 Å². The molecule has 2 aromatic rings. The molecule has 0 unspecified atom stereocenters. The lowest BCUT2D eigenvalue weighted by Gasteiger charge is -2.21. The number of hydrogen-bond donors (Lipinski definition) is 1. The Morgan fingerprint density at radius 2 is 1.89 bits per heavy atom. The molecule has 0 saturated heterocycles. The summed E-state index contributed by atoms with van der Waals surface area (Å²) in [5.74, 6) is 0. The van der Waals surface area contributed by atoms with E-state index in [0.29, 0.717) is 17.0 Å². The highest BCUT2D eigenvalue weighted by molar-refractivity contribution is 7.93. The molecule has 0 amide bonds. The summed E-state index contributed by atoms with van der Waals surface area (Å²) >= 11 is 0. The van der Waals surface area contributed by atoms with Gasteiger partial charge in [-0.1, -0.05) is 31.2 Å². The van der Waals surface area contributed by atoms with Gasteiger partial charge in [0.05, 0.1) is 23.2 Å². The highest BCUT2D eigenvalue weighted by atomic mass is 32.2. The molecule has 1 heterocycles. The predicted octanol–water partition coefficient (Wildman–Crippen LogP) is 2.12. The Morgan fingerprint density at radius 1 is 1.21 bits per heavy atom. The molecule has 19 heavy (non-hydrogen) atoms. The van der Waals surface area contributed by atoms with E-state index in [2.05, 4.69) is 0 Å². The van der Waals surface area contributed by atoms with Crippen LogP contribution < -0.4 is 4.31 Å². The lowest BCUT2D eigenvalue weighted by Crippen LogP contribution is -2.34. The Kier molecular flexibility index (Phi) is 2.76. The average Bonchev–Trinajstić information content (AvgIpc) is 2.62. The molecule has 2 aromatic carbocycles. The first kappa shape index (κ1) is 12.4. The van der Waals surface area contributed by atoms with E-state index in [0.717, 1.165) is 10.8 Å². The Hall–Kier alpha value is -1.59. The summed E-state index contributed by atoms with van der Waals surface area (Å²) in [5.41, 5.74) is 0.667. The van der Waals surface area contributed by atoms with Gasteiger partial charge < -0.3 is 5.11 Å². The molecule has 0 spiro atoms. The molecule has 0 saturated carbocycles. The molecule has 100 valence electrons. The third-order valence-electron chi connectivity index (χ3n) is 3.53. The summed E-state index contributed by atoms with van der Waals surface area (Å²) in [5, 5.41) is 11.4. The van der Waals surface area contributed by atoms with Crippen molar-refractivity contribution in [2.45, 2.75) is 24.3 Å². The van der Waals surface area contributed by atoms with Crippen molar-refractivity contribution < 1.29 is 13.5 Å². The van der Waals surface area contributed by atoms with Gasteiger partial charge in [-0.3, -0.25) is 4.31 Å². The molecular weight excluding hydrogens is 262 g/mol. The third kappa shape index (κ3) is 1.73. The zero-order valence-electron chi connectivity index (χ0n) is 10.6. The van der Waals surface area contributed by atoms with Crippen LogP contribution in [0.4, 0.5) is 5.69 Å². The standard InChI is InChI=1S/C14H15NO3S/c1-2-11(16)9-15-12-7-3-5-10-6-4-8-13(14(10)12)19(15,17)18/h3-8,11,16H,2,9H2,1H3/t11-/m0/s1. The maximum atomic E-state index is 12.5. The molecule has 1 aliphatic rings. The summed E-state index contributed by atoms with van der Waals surface area (Å²) in [4.78, 5) is 0.337. The number of aliphatic hydroxyl groups is 1. The summed E-state index contributed by atoms with van der Waals surface area (Å²) in [6.07, 6.45) is -0.127. The lowest BCUT2D eigenvalue weighted by molar-refractivity contribution is 0.180. The first-order valence-electron chi connectivity index (χ1n) is 6.28. The molecule has 1 N–H and O–H groups in total. The van der Waals surface area contributed by atoms with Crippen molar-refractivity contribution in [1.29, 1.82) is 0 Å². The summed E-state index contributed by atoms with van der Waals surface area (Å²) in [6.45, 7) is 1.94. The molecule has 1 aliphatic heterocycles. The van der Waals surface area contributed by atoms with Crippen LogP contribution in [0.3, 0.4) is 0 Å². The Morgan fingerprint density at radius 3 is 2.58 bits per heavy atom. The van der Waals surface area contributed by atoms with Crippen LogP contribution in [-0.4, -0.2) is 26.2 Å². The first-order valence-corrected chi connectivity index (χ1v) is 7.72. The van der Waals surface area contributed by atoms with Crippen molar-refractivity contribution in [3.63, 3.8) is 0 Å². The minimum atomic E-state index is -3.53. The van der Waals surface area contributed by atoms with Gasteiger partial charge in [0.15, 0.2) is 0 Å². The number of aliphatic hydroxyl groups excluding tert-OH is 1. The van der Waals surface area contributed by atoms with E-state index in [9.17, 15) is 13.5 Å². The summed E-state index contributed by atoms with van der Waals surface area (Å²) in [6, 6.07) is 10.8. The zero-order chi connectivity index (χ0) is 13.6. The highest BCUT2D eigenvalue weighted by Crippen LogP contribution is 2.41. The molecule has 1 atom stereocenters. The molecule has 0 aromatic heterocycles. The van der Waals surface area contributed by atoms with Crippen LogP contribution in [0.15, 0.2) is 41.3 Å². The van der Waals surface area contributed by atoms with E-state index in [1.807, 2.05) is 25.1 Å². The van der Waals surface area contributed by atoms with Crippen molar-refractivity contribution >= 4 is 26.5 Å². The molecular formula is C14H15NO3S. The number of nitrogens with zero attached hydrogens (tertiary/aromatic N) is 1. The SMILES string of the molecule is CC[C@H](O)CN1c2cccc3cccc(c23)S1(=O)=O. The summed E-state index contributed by atoms with van der Waals surface area (Å²) in [7, 11) is -3.53. The number of hydrogen-bond acceptors (Lipinski definition) is 3. The van der Waals surface area contributed by atoms with Crippen molar-refractivity contribution in [2.75, 3.05) is 10.8 Å². The van der Waals surface area contributed by atoms with E-state index in [4.69, 9.17) is 0 Å². The molecule has 3 rings (SSSR count). The van der Waals surface area contributed by atoms with Crippen LogP contribution in [0, 0.1) is 0 Å². The smallest absolute Gasteiger partial charge is 0.265 e. The maximum absolute atomic E-state index is 12.5. The van der Waals surface area contributed by atoms with E-state index >= 15 is 0 Å². The van der Waals surface area contributed by atoms with Crippen LogP contribution in [0.2, 0.25) is 0 Å². The third-order valence-corrected chi connectivity index (χ3v) is 5.35. The topological polar surface area (TPSA) is 57.6 Å². The minimum absolute atomic E-state index is 0.104. The molecule has 5 heteroatoms. The predicted molar refractivity (Wildman–Crippen MR) is 74.8 cm³/mol. The Bertz CT molecular complexity index is 734. The number of anilines is 1. The van der Waals surface area contributed by atoms with E-state index in [1.54, 1.807) is 18.2 Å². The van der Waals surface area contributed by atoms with Gasteiger partial charge in [0.25, 0.3) is 10.0 Å². The van der Waals surface area contributed by atoms with Gasteiger partial charge >= 0.3 is 0 Å². The molecule has 0 bridgehead atoms. The molecule has 0 fully saturated rings. The second-order valence-corrected chi connectivity index (χ2v) is 6.56. The van der Waals surface area contributed by atoms with Crippen molar-refractivity contribution in [1.82, 2.24) is 0 Å². The van der Waals surface area contributed by atoms with Gasteiger partial charge in [-0.15, -0.1) is 0 Å². The molecule has 0 radical (unpaired) electrons. The summed E-state index contributed by atoms with van der Waals surface area (Å²) < 4.78 is 26.4. The second-order valence-electron chi connectivity index (χ2n) is 4.73. The number of benzene rings is 2. The van der Waals surface area contributed by atoms with Gasteiger partial charge in [0.2, 0.25) is 0 Å². The number of sulfonamides is 1. The van der Waals surface area contributed by atoms with Crippen molar-refractivity contribution in [2.24, 2.45) is 0 Å². The van der Waals surface area contributed by atoms with E-state index in [-0.39, 0.29) is 6.54 Å². The number of rotatable bonds is 3. The van der Waals surface area contributed by atoms with Gasteiger partial charge in [-0.2, -0.15) is 0 Å². The Labute approximate surface area is 112 Å². The van der Waals surface area contributed by atoms with Gasteiger partial charge in [-0.25, -0.2) is 8.42 Å². The molecule has 4 nitrogen and oxygen atoms in total. The average molecular weight is 277 g/mol. The van der Waals surface area contributed by atoms with Crippen LogP contribution in [0.25, 0.3) is 10.8 Å². The van der Waals surface area contributed by atoms with Crippen LogP contribution in [-0.2, 0) is 10.0 Å². The van der Waals surface area contributed by atoms with Gasteiger partial charge in [0.1, 0.15) is 0 Å². The van der Waals surface area contributed by atoms with Gasteiger partial charge in [-0.05, 0) is 23.9 Å². The second kappa shape index (κ2) is 4.21. The fraction of sp³-hybridized carbons (Fsp3) is 0.286. The van der Waals surface area contributed by atoms with Crippen LogP contribution >= 0.6 is 0 Å². The molecule has 0 aliphatic carbocycles. The highest BCUT2D eigenvalue weighted by Gasteiger charge is 2.36. The largest absolute Gasteiger partial charge is 0.391 e.